The quantitative estimate of drug-likeness (QED) is 0.497. The summed E-state index contributed by atoms with van der Waals surface area (Å²) < 4.78 is 5.92. The van der Waals surface area contributed by atoms with Gasteiger partial charge in [-0.1, -0.05) is 35.9 Å². The van der Waals surface area contributed by atoms with E-state index in [-0.39, 0.29) is 6.10 Å². The van der Waals surface area contributed by atoms with Gasteiger partial charge in [-0.3, -0.25) is 4.99 Å². The number of nitrogens with one attached hydrogen (secondary N) is 2. The third-order valence-corrected chi connectivity index (χ3v) is 4.15. The van der Waals surface area contributed by atoms with Crippen LogP contribution in [-0.4, -0.2) is 37.2 Å². The molecule has 1 atom stereocenters. The maximum Gasteiger partial charge on any atom is 0.191 e. The Balaban J connectivity index is 1.40. The smallest absolute Gasteiger partial charge is 0.191 e. The van der Waals surface area contributed by atoms with E-state index in [1.165, 1.54) is 5.56 Å². The number of aliphatic imine (C=N–C) groups is 1. The van der Waals surface area contributed by atoms with Gasteiger partial charge in [-0.2, -0.15) is 0 Å². The molecule has 0 radical (unpaired) electrons. The summed E-state index contributed by atoms with van der Waals surface area (Å²) in [7, 11) is 1.77. The van der Waals surface area contributed by atoms with Crippen LogP contribution in [0.2, 0.25) is 5.15 Å². The van der Waals surface area contributed by atoms with E-state index >= 15 is 0 Å². The monoisotopic (exact) mass is 344 g/mol. The van der Waals surface area contributed by atoms with Gasteiger partial charge < -0.3 is 15.4 Å². The van der Waals surface area contributed by atoms with Crippen molar-refractivity contribution in [2.75, 3.05) is 20.1 Å². The van der Waals surface area contributed by atoms with E-state index in [1.54, 1.807) is 19.3 Å². The Morgan fingerprint density at radius 2 is 2.17 bits per heavy atom. The summed E-state index contributed by atoms with van der Waals surface area (Å²) in [5.74, 6) is 1.76. The molecule has 1 aromatic carbocycles. The molecular formula is C18H21ClN4O. The first-order valence-corrected chi connectivity index (χ1v) is 8.42. The first-order valence-electron chi connectivity index (χ1n) is 8.04. The molecule has 1 aromatic heterocycles. The summed E-state index contributed by atoms with van der Waals surface area (Å²) >= 11 is 5.79. The first-order chi connectivity index (χ1) is 11.7. The molecule has 0 amide bonds. The van der Waals surface area contributed by atoms with Gasteiger partial charge >= 0.3 is 0 Å². The number of nitrogens with zero attached hydrogens (tertiary/aromatic N) is 2. The molecule has 1 unspecified atom stereocenters. The molecule has 2 N–H and O–H groups in total. The van der Waals surface area contributed by atoms with Crippen molar-refractivity contribution < 1.29 is 4.74 Å². The Kier molecular flexibility index (Phi) is 5.54. The molecule has 0 bridgehead atoms. The van der Waals surface area contributed by atoms with E-state index in [9.17, 15) is 0 Å². The van der Waals surface area contributed by atoms with Crippen LogP contribution in [0.4, 0.5) is 0 Å². The highest BCUT2D eigenvalue weighted by atomic mass is 35.5. The second-order valence-corrected chi connectivity index (χ2v) is 6.06. The first kappa shape index (κ1) is 16.6. The number of ether oxygens (including phenoxy) is 1. The van der Waals surface area contributed by atoms with Gasteiger partial charge in [0.15, 0.2) is 5.96 Å². The molecule has 0 saturated carbocycles. The summed E-state index contributed by atoms with van der Waals surface area (Å²) in [6.45, 7) is 1.49. The van der Waals surface area contributed by atoms with Crippen molar-refractivity contribution in [2.45, 2.75) is 18.9 Å². The minimum atomic E-state index is 0.140. The van der Waals surface area contributed by atoms with Crippen molar-refractivity contribution in [3.05, 3.63) is 58.9 Å². The van der Waals surface area contributed by atoms with Gasteiger partial charge in [0, 0.05) is 26.2 Å². The molecule has 126 valence electrons. The molecule has 0 fully saturated rings. The number of guanidine groups is 1. The van der Waals surface area contributed by atoms with E-state index in [2.05, 4.69) is 26.7 Å². The highest BCUT2D eigenvalue weighted by Crippen LogP contribution is 2.27. The van der Waals surface area contributed by atoms with Crippen LogP contribution in [-0.2, 0) is 12.8 Å². The summed E-state index contributed by atoms with van der Waals surface area (Å²) in [4.78, 5) is 8.33. The second-order valence-electron chi connectivity index (χ2n) is 5.67. The molecule has 3 rings (SSSR count). The molecule has 0 saturated heterocycles. The fourth-order valence-electron chi connectivity index (χ4n) is 2.68. The minimum absolute atomic E-state index is 0.140. The minimum Gasteiger partial charge on any atom is -0.488 e. The van der Waals surface area contributed by atoms with Gasteiger partial charge in [0.25, 0.3) is 0 Å². The Morgan fingerprint density at radius 1 is 1.29 bits per heavy atom. The van der Waals surface area contributed by atoms with E-state index in [0.717, 1.165) is 43.2 Å². The number of hydrogen-bond donors (Lipinski definition) is 2. The Bertz CT molecular complexity index is 677. The van der Waals surface area contributed by atoms with Crippen molar-refractivity contribution in [3.8, 4) is 5.75 Å². The fraction of sp³-hybridized carbons (Fsp3) is 0.333. The van der Waals surface area contributed by atoms with Gasteiger partial charge in [0.05, 0.1) is 6.54 Å². The predicted octanol–water partition coefficient (Wildman–Crippen LogP) is 2.45. The van der Waals surface area contributed by atoms with E-state index in [0.29, 0.717) is 5.15 Å². The average Bonchev–Trinajstić information content (AvgIpc) is 3.02. The van der Waals surface area contributed by atoms with Crippen LogP contribution in [0.15, 0.2) is 47.6 Å². The number of benzene rings is 1. The van der Waals surface area contributed by atoms with E-state index in [1.807, 2.05) is 24.3 Å². The van der Waals surface area contributed by atoms with Crippen molar-refractivity contribution in [1.82, 2.24) is 15.6 Å². The maximum atomic E-state index is 5.92. The van der Waals surface area contributed by atoms with Gasteiger partial charge in [0.1, 0.15) is 17.0 Å². The average molecular weight is 345 g/mol. The van der Waals surface area contributed by atoms with Gasteiger partial charge in [-0.25, -0.2) is 4.98 Å². The molecule has 0 spiro atoms. The molecule has 1 aliphatic rings. The van der Waals surface area contributed by atoms with Crippen LogP contribution in [0.3, 0.4) is 0 Å². The zero-order valence-electron chi connectivity index (χ0n) is 13.6. The third-order valence-electron chi connectivity index (χ3n) is 3.93. The van der Waals surface area contributed by atoms with E-state index < -0.39 is 0 Å². The van der Waals surface area contributed by atoms with Crippen LogP contribution >= 0.6 is 11.6 Å². The van der Waals surface area contributed by atoms with Crippen LogP contribution in [0, 0.1) is 0 Å². The van der Waals surface area contributed by atoms with Crippen LogP contribution < -0.4 is 15.4 Å². The van der Waals surface area contributed by atoms with Crippen LogP contribution in [0.1, 0.15) is 11.1 Å². The van der Waals surface area contributed by atoms with Crippen LogP contribution in [0.5, 0.6) is 5.75 Å². The topological polar surface area (TPSA) is 58.5 Å². The Labute approximate surface area is 147 Å². The predicted molar refractivity (Wildman–Crippen MR) is 96.9 cm³/mol. The highest BCUT2D eigenvalue weighted by molar-refractivity contribution is 6.29. The lowest BCUT2D eigenvalue weighted by atomic mass is 10.1. The van der Waals surface area contributed by atoms with E-state index in [4.69, 9.17) is 16.3 Å². The normalized spacial score (nSPS) is 16.4. The molecule has 24 heavy (non-hydrogen) atoms. The third kappa shape index (κ3) is 4.38. The molecule has 2 aromatic rings. The summed E-state index contributed by atoms with van der Waals surface area (Å²) in [5, 5.41) is 7.13. The van der Waals surface area contributed by atoms with Crippen molar-refractivity contribution in [1.29, 1.82) is 0 Å². The number of rotatable bonds is 5. The number of para-hydroxylation sites is 1. The Morgan fingerprint density at radius 3 is 2.92 bits per heavy atom. The van der Waals surface area contributed by atoms with Crippen molar-refractivity contribution in [3.63, 3.8) is 0 Å². The van der Waals surface area contributed by atoms with Gasteiger partial charge in [-0.05, 0) is 29.7 Å². The second kappa shape index (κ2) is 8.02. The number of hydrogen-bond acceptors (Lipinski definition) is 3. The lowest BCUT2D eigenvalue weighted by Crippen LogP contribution is -2.42. The molecule has 5 nitrogen and oxygen atoms in total. The van der Waals surface area contributed by atoms with Gasteiger partial charge in [0.2, 0.25) is 0 Å². The number of fused-ring (bicyclic) bond motifs is 1. The van der Waals surface area contributed by atoms with Gasteiger partial charge in [-0.15, -0.1) is 0 Å². The number of pyridine rings is 1. The molecular weight excluding hydrogens is 324 g/mol. The molecule has 1 aliphatic heterocycles. The summed E-state index contributed by atoms with van der Waals surface area (Å²) in [6.07, 6.45) is 3.72. The molecule has 2 heterocycles. The fourth-order valence-corrected chi connectivity index (χ4v) is 2.79. The number of aromatic nitrogens is 1. The van der Waals surface area contributed by atoms with Crippen molar-refractivity contribution >= 4 is 17.6 Å². The number of halogens is 1. The zero-order valence-corrected chi connectivity index (χ0v) is 14.4. The van der Waals surface area contributed by atoms with Crippen LogP contribution in [0.25, 0.3) is 0 Å². The summed E-state index contributed by atoms with van der Waals surface area (Å²) in [6, 6.07) is 12.0. The molecule has 6 heteroatoms. The lowest BCUT2D eigenvalue weighted by molar-refractivity contribution is 0.235. The molecule has 0 aliphatic carbocycles. The SMILES string of the molecule is CN=C(NCCc1ccc(Cl)nc1)NCC1Cc2ccccc2O1. The Hall–Kier alpha value is -2.27. The standard InChI is InChI=1S/C18H21ClN4O/c1-20-18(21-9-8-13-6-7-17(19)22-11-13)23-12-15-10-14-4-2-3-5-16(14)24-15/h2-7,11,15H,8-10,12H2,1H3,(H2,20,21,23). The maximum absolute atomic E-state index is 5.92. The van der Waals surface area contributed by atoms with Crippen molar-refractivity contribution in [2.24, 2.45) is 4.99 Å². The highest BCUT2D eigenvalue weighted by Gasteiger charge is 2.22. The zero-order chi connectivity index (χ0) is 16.8. The summed E-state index contributed by atoms with van der Waals surface area (Å²) in [5.41, 5.74) is 2.40. The lowest BCUT2D eigenvalue weighted by Gasteiger charge is -2.15. The largest absolute Gasteiger partial charge is 0.488 e.